The molecular weight excluding hydrogens is 633 g/mol. The monoisotopic (exact) mass is 671 g/mol. The predicted octanol–water partition coefficient (Wildman–Crippen LogP) is 8.71. The van der Waals surface area contributed by atoms with Crippen molar-refractivity contribution in [3.05, 3.63) is 93.8 Å². The average molecular weight is 672 g/mol. The van der Waals surface area contributed by atoms with E-state index in [0.717, 1.165) is 19.3 Å². The topological polar surface area (TPSA) is 6.48 Å². The molecule has 4 rings (SSSR count). The number of nitrogens with zero attached hydrogens (tertiary/aromatic N) is 2. The number of hydrogen-bond donors (Lipinski definition) is 0. The van der Waals surface area contributed by atoms with Gasteiger partial charge in [0.05, 0.1) is 0 Å². The number of hydrogen-bond acceptors (Lipinski definition) is 2. The van der Waals surface area contributed by atoms with Crippen molar-refractivity contribution >= 4 is 20.6 Å². The van der Waals surface area contributed by atoms with E-state index in [1.54, 1.807) is 0 Å². The molecule has 0 aliphatic carbocycles. The normalized spacial score (nSPS) is 17.5. The molecule has 2 aliphatic rings. The second-order valence-electron chi connectivity index (χ2n) is 10.0. The molecule has 2 aliphatic heterocycles. The zero-order chi connectivity index (χ0) is 25.3. The molecule has 1 atom stereocenters. The third-order valence-electron chi connectivity index (χ3n) is 7.18. The molecule has 35 heavy (non-hydrogen) atoms. The Hall–Kier alpha value is -1.71. The van der Waals surface area contributed by atoms with E-state index in [0.29, 0.717) is 11.8 Å². The predicted molar refractivity (Wildman–Crippen MR) is 148 cm³/mol. The Labute approximate surface area is 225 Å². The summed E-state index contributed by atoms with van der Waals surface area (Å²) in [6, 6.07) is 11.6. The molecule has 4 heteroatoms. The number of rotatable bonds is 8. The first-order valence-corrected chi connectivity index (χ1v) is 16.9. The molecule has 0 amide bonds. The van der Waals surface area contributed by atoms with Crippen LogP contribution in [0.3, 0.4) is 0 Å². The number of para-hydroxylation sites is 1. The summed E-state index contributed by atoms with van der Waals surface area (Å²) in [4.78, 5) is 5.02. The second kappa shape index (κ2) is 11.1. The van der Waals surface area contributed by atoms with Crippen molar-refractivity contribution in [3.8, 4) is 0 Å². The van der Waals surface area contributed by atoms with Crippen LogP contribution >= 0.6 is 9.19 Å². The van der Waals surface area contributed by atoms with Crippen molar-refractivity contribution in [2.45, 2.75) is 83.9 Å². The van der Waals surface area contributed by atoms with E-state index in [-0.39, 0.29) is 4.38 Å². The van der Waals surface area contributed by atoms with Crippen LogP contribution in [0.1, 0.15) is 93.7 Å². The zero-order valence-corrected chi connectivity index (χ0v) is 25.0. The Balaban J connectivity index is 1.88. The summed E-state index contributed by atoms with van der Waals surface area (Å²) in [5.74, 6) is 0.885. The van der Waals surface area contributed by atoms with Gasteiger partial charge in [0.1, 0.15) is 0 Å². The molecule has 0 aromatic heterocycles. The summed E-state index contributed by atoms with van der Waals surface area (Å²) in [5.41, 5.74) is 12.4. The van der Waals surface area contributed by atoms with Crippen LogP contribution in [-0.4, -0.2) is 9.28 Å². The number of allylic oxidation sites excluding steroid dienone is 3. The molecule has 0 saturated carbocycles. The fourth-order valence-corrected chi connectivity index (χ4v) is 7.85. The van der Waals surface area contributed by atoms with Gasteiger partial charge in [-0.2, -0.15) is 0 Å². The summed E-state index contributed by atoms with van der Waals surface area (Å²) < 4.78 is 0.125. The van der Waals surface area contributed by atoms with Gasteiger partial charge in [-0.15, -0.1) is 0 Å². The molecule has 0 bridgehead atoms. The van der Waals surface area contributed by atoms with E-state index in [1.165, 1.54) is 50.5 Å². The van der Waals surface area contributed by atoms with Crippen LogP contribution in [-0.2, 0) is 37.9 Å². The molecular formula is C31H39AuClN2-. The Morgan fingerprint density at radius 2 is 1.51 bits per heavy atom. The standard InChI is InChI=1S/C31H39N2.Au.ClH/c1-8-23-17-24(9-2)30(25(10-3)18-23)29-16-11-13-26-19-32(20-33(26)29)31-27(21(4)5)14-12-15-28(31)22(6)7;;/h11-22H,8-10H2,1-7H3;;1H/p-1. The van der Waals surface area contributed by atoms with E-state index < -0.39 is 18.7 Å². The number of aryl methyl sites for hydroxylation is 3. The van der Waals surface area contributed by atoms with Crippen molar-refractivity contribution in [2.24, 2.45) is 0 Å². The van der Waals surface area contributed by atoms with Crippen molar-refractivity contribution in [1.82, 2.24) is 4.90 Å². The molecule has 2 nitrogen and oxygen atoms in total. The van der Waals surface area contributed by atoms with Crippen LogP contribution < -0.4 is 4.90 Å². The number of anilines is 1. The van der Waals surface area contributed by atoms with Crippen LogP contribution in [0, 0.1) is 0 Å². The summed E-state index contributed by atoms with van der Waals surface area (Å²) in [6.07, 6.45) is 12.2. The van der Waals surface area contributed by atoms with Crippen LogP contribution in [0.4, 0.5) is 5.69 Å². The molecule has 0 saturated heterocycles. The van der Waals surface area contributed by atoms with Crippen molar-refractivity contribution < 1.29 is 18.7 Å². The molecule has 1 unspecified atom stereocenters. The van der Waals surface area contributed by atoms with E-state index in [9.17, 15) is 0 Å². The molecule has 0 fully saturated rings. The van der Waals surface area contributed by atoms with Gasteiger partial charge in [-0.25, -0.2) is 0 Å². The maximum atomic E-state index is 6.91. The van der Waals surface area contributed by atoms with E-state index in [1.807, 2.05) is 0 Å². The molecule has 2 aromatic carbocycles. The number of fused-ring (bicyclic) bond motifs is 1. The van der Waals surface area contributed by atoms with Gasteiger partial charge in [0, 0.05) is 0 Å². The SMILES string of the molecule is CCc1cc(CC)c(C2=CC=CC3=CN(c4c(C(C)C)cccc4C(C)C)[CH]([Au-][Cl])N32)c(CC)c1. The Morgan fingerprint density at radius 1 is 0.914 bits per heavy atom. The van der Waals surface area contributed by atoms with Gasteiger partial charge < -0.3 is 0 Å². The van der Waals surface area contributed by atoms with Gasteiger partial charge in [0.15, 0.2) is 0 Å². The Bertz CT molecular complexity index is 1120. The first-order valence-electron chi connectivity index (χ1n) is 13.0. The van der Waals surface area contributed by atoms with Crippen LogP contribution in [0.15, 0.2) is 60.5 Å². The fourth-order valence-electron chi connectivity index (χ4n) is 5.35. The van der Waals surface area contributed by atoms with Crippen LogP contribution in [0.5, 0.6) is 0 Å². The van der Waals surface area contributed by atoms with Crippen molar-refractivity contribution in [3.63, 3.8) is 0 Å². The molecule has 0 radical (unpaired) electrons. The van der Waals surface area contributed by atoms with Crippen molar-refractivity contribution in [1.29, 1.82) is 0 Å². The molecule has 0 spiro atoms. The third kappa shape index (κ3) is 4.83. The number of benzene rings is 2. The van der Waals surface area contributed by atoms with Gasteiger partial charge in [-0.3, -0.25) is 0 Å². The molecule has 192 valence electrons. The van der Waals surface area contributed by atoms with Gasteiger partial charge >= 0.3 is 227 Å². The van der Waals surface area contributed by atoms with Gasteiger partial charge in [-0.1, -0.05) is 0 Å². The summed E-state index contributed by atoms with van der Waals surface area (Å²) in [5, 5.41) is 0. The minimum atomic E-state index is -0.500. The first-order chi connectivity index (χ1) is 16.9. The van der Waals surface area contributed by atoms with Gasteiger partial charge in [0.2, 0.25) is 0 Å². The molecule has 0 N–H and O–H groups in total. The van der Waals surface area contributed by atoms with Gasteiger partial charge in [0.25, 0.3) is 0 Å². The fraction of sp³-hybridized carbons (Fsp3) is 0.419. The van der Waals surface area contributed by atoms with E-state index >= 15 is 0 Å². The zero-order valence-electron chi connectivity index (χ0n) is 22.1. The summed E-state index contributed by atoms with van der Waals surface area (Å²) in [6.45, 7) is 16.0. The summed E-state index contributed by atoms with van der Waals surface area (Å²) in [7, 11) is 6.91. The minimum absolute atomic E-state index is 0.125. The maximum absolute atomic E-state index is 6.91. The number of halogens is 1. The average Bonchev–Trinajstić information content (AvgIpc) is 3.25. The third-order valence-corrected chi connectivity index (χ3v) is 9.73. The van der Waals surface area contributed by atoms with E-state index in [4.69, 9.17) is 9.19 Å². The molecule has 2 aromatic rings. The first kappa shape index (κ1) is 26.4. The Kier molecular flexibility index (Phi) is 8.38. The van der Waals surface area contributed by atoms with Crippen LogP contribution in [0.2, 0.25) is 0 Å². The van der Waals surface area contributed by atoms with Gasteiger partial charge in [-0.05, 0) is 0 Å². The van der Waals surface area contributed by atoms with Crippen molar-refractivity contribution in [2.75, 3.05) is 4.90 Å². The van der Waals surface area contributed by atoms with E-state index in [2.05, 4.69) is 113 Å². The second-order valence-corrected chi connectivity index (χ2v) is 12.7. The summed E-state index contributed by atoms with van der Waals surface area (Å²) >= 11 is -0.500. The molecule has 2 heterocycles. The quantitative estimate of drug-likeness (QED) is 0.259. The van der Waals surface area contributed by atoms with Crippen LogP contribution in [0.25, 0.3) is 5.70 Å². The Morgan fingerprint density at radius 3 is 2.00 bits per heavy atom.